The van der Waals surface area contributed by atoms with Crippen LogP contribution < -0.4 is 20.1 Å². The summed E-state index contributed by atoms with van der Waals surface area (Å²) >= 11 is 0. The van der Waals surface area contributed by atoms with E-state index in [1.165, 1.54) is 0 Å². The van der Waals surface area contributed by atoms with Crippen LogP contribution in [0.25, 0.3) is 11.3 Å². The van der Waals surface area contributed by atoms with Gasteiger partial charge in [-0.25, -0.2) is 4.98 Å². The molecule has 0 aliphatic carbocycles. The van der Waals surface area contributed by atoms with E-state index in [0.29, 0.717) is 30.4 Å². The highest BCUT2D eigenvalue weighted by molar-refractivity contribution is 5.74. The van der Waals surface area contributed by atoms with Crippen LogP contribution in [0.4, 0.5) is 11.8 Å². The van der Waals surface area contributed by atoms with Gasteiger partial charge in [0.15, 0.2) is 11.5 Å². The number of anilines is 2. The van der Waals surface area contributed by atoms with Crippen LogP contribution >= 0.6 is 0 Å². The molecule has 24 heavy (non-hydrogen) atoms. The molecular formula is C17H22N4O3. The smallest absolute Gasteiger partial charge is 0.222 e. The largest absolute Gasteiger partial charge is 0.493 e. The number of aromatic nitrogens is 2. The lowest BCUT2D eigenvalue weighted by atomic mass is 10.1. The molecule has 1 aliphatic rings. The van der Waals surface area contributed by atoms with Crippen molar-refractivity contribution in [3.05, 3.63) is 23.8 Å². The number of morpholine rings is 1. The maximum atomic E-state index is 5.95. The van der Waals surface area contributed by atoms with Crippen LogP contribution in [0.15, 0.2) is 18.2 Å². The fraction of sp³-hybridized carbons (Fsp3) is 0.412. The molecule has 7 heteroatoms. The second-order valence-corrected chi connectivity index (χ2v) is 5.62. The zero-order valence-electron chi connectivity index (χ0n) is 14.2. The highest BCUT2D eigenvalue weighted by Crippen LogP contribution is 2.39. The van der Waals surface area contributed by atoms with Gasteiger partial charge in [-0.3, -0.25) is 0 Å². The number of nitrogens with two attached hydrogens (primary N) is 1. The predicted octanol–water partition coefficient (Wildman–Crippen LogP) is 1.89. The highest BCUT2D eigenvalue weighted by Gasteiger charge is 2.18. The second kappa shape index (κ2) is 6.92. The van der Waals surface area contributed by atoms with Crippen LogP contribution in [0.5, 0.6) is 11.5 Å². The van der Waals surface area contributed by atoms with E-state index >= 15 is 0 Å². The Labute approximate surface area is 141 Å². The average molecular weight is 330 g/mol. The van der Waals surface area contributed by atoms with E-state index in [1.54, 1.807) is 14.2 Å². The normalized spacial score (nSPS) is 14.5. The Morgan fingerprint density at radius 3 is 2.50 bits per heavy atom. The van der Waals surface area contributed by atoms with Gasteiger partial charge in [0.25, 0.3) is 0 Å². The molecule has 2 aromatic rings. The third-order valence-corrected chi connectivity index (χ3v) is 3.96. The zero-order valence-corrected chi connectivity index (χ0v) is 14.2. The molecule has 1 aliphatic heterocycles. The van der Waals surface area contributed by atoms with Crippen molar-refractivity contribution in [2.24, 2.45) is 0 Å². The second-order valence-electron chi connectivity index (χ2n) is 5.62. The average Bonchev–Trinajstić information content (AvgIpc) is 2.61. The third-order valence-electron chi connectivity index (χ3n) is 3.96. The molecule has 1 fully saturated rings. The Morgan fingerprint density at radius 2 is 1.83 bits per heavy atom. The fourth-order valence-corrected chi connectivity index (χ4v) is 2.84. The van der Waals surface area contributed by atoms with Crippen LogP contribution in [0.1, 0.15) is 5.56 Å². The molecule has 0 amide bonds. The molecule has 0 radical (unpaired) electrons. The first-order valence-electron chi connectivity index (χ1n) is 7.82. The first-order valence-corrected chi connectivity index (χ1v) is 7.82. The number of methoxy groups -OCH3 is 2. The molecule has 1 saturated heterocycles. The van der Waals surface area contributed by atoms with Gasteiger partial charge in [0.05, 0.1) is 33.1 Å². The number of nitrogen functional groups attached to an aromatic ring is 1. The lowest BCUT2D eigenvalue weighted by Crippen LogP contribution is -2.36. The topological polar surface area (TPSA) is 82.7 Å². The number of benzene rings is 1. The van der Waals surface area contributed by atoms with Gasteiger partial charge in [0, 0.05) is 24.7 Å². The summed E-state index contributed by atoms with van der Waals surface area (Å²) in [6, 6.07) is 5.86. The van der Waals surface area contributed by atoms with E-state index in [4.69, 9.17) is 19.9 Å². The minimum absolute atomic E-state index is 0.233. The van der Waals surface area contributed by atoms with E-state index < -0.39 is 0 Å². The van der Waals surface area contributed by atoms with Crippen LogP contribution in [0.2, 0.25) is 0 Å². The summed E-state index contributed by atoms with van der Waals surface area (Å²) < 4.78 is 16.4. The number of aryl methyl sites for hydroxylation is 1. The molecule has 7 nitrogen and oxygen atoms in total. The van der Waals surface area contributed by atoms with Gasteiger partial charge in [-0.1, -0.05) is 0 Å². The van der Waals surface area contributed by atoms with Gasteiger partial charge in [0.2, 0.25) is 5.95 Å². The van der Waals surface area contributed by atoms with E-state index in [1.807, 2.05) is 25.1 Å². The molecule has 0 saturated carbocycles. The van der Waals surface area contributed by atoms with Crippen LogP contribution in [0, 0.1) is 6.92 Å². The van der Waals surface area contributed by atoms with E-state index in [-0.39, 0.29) is 5.95 Å². The Hall–Kier alpha value is -2.54. The van der Waals surface area contributed by atoms with E-state index in [9.17, 15) is 0 Å². The number of ether oxygens (including phenoxy) is 3. The minimum atomic E-state index is 0.233. The van der Waals surface area contributed by atoms with Crippen LogP contribution in [0.3, 0.4) is 0 Å². The Kier molecular flexibility index (Phi) is 4.71. The van der Waals surface area contributed by atoms with Crippen molar-refractivity contribution < 1.29 is 14.2 Å². The van der Waals surface area contributed by atoms with Gasteiger partial charge in [-0.2, -0.15) is 4.98 Å². The monoisotopic (exact) mass is 330 g/mol. The van der Waals surface area contributed by atoms with E-state index in [0.717, 1.165) is 30.0 Å². The molecule has 0 unspecified atom stereocenters. The maximum Gasteiger partial charge on any atom is 0.222 e. The van der Waals surface area contributed by atoms with Crippen molar-refractivity contribution >= 4 is 11.8 Å². The highest BCUT2D eigenvalue weighted by atomic mass is 16.5. The van der Waals surface area contributed by atoms with Crippen molar-refractivity contribution in [3.8, 4) is 22.8 Å². The van der Waals surface area contributed by atoms with Crippen molar-refractivity contribution in [2.75, 3.05) is 51.2 Å². The Morgan fingerprint density at radius 1 is 1.08 bits per heavy atom. The molecule has 2 heterocycles. The van der Waals surface area contributed by atoms with Crippen molar-refractivity contribution in [1.29, 1.82) is 0 Å². The first-order chi connectivity index (χ1) is 11.6. The van der Waals surface area contributed by atoms with Gasteiger partial charge in [0.1, 0.15) is 5.82 Å². The van der Waals surface area contributed by atoms with Crippen LogP contribution in [-0.4, -0.2) is 50.5 Å². The molecule has 3 rings (SSSR count). The van der Waals surface area contributed by atoms with Gasteiger partial charge >= 0.3 is 0 Å². The summed E-state index contributed by atoms with van der Waals surface area (Å²) in [7, 11) is 3.23. The summed E-state index contributed by atoms with van der Waals surface area (Å²) in [4.78, 5) is 10.9. The molecule has 2 N–H and O–H groups in total. The molecule has 1 aromatic heterocycles. The number of rotatable bonds is 4. The van der Waals surface area contributed by atoms with Gasteiger partial charge in [-0.05, 0) is 24.6 Å². The number of hydrogen-bond acceptors (Lipinski definition) is 7. The Bertz CT molecular complexity index is 730. The molecule has 0 spiro atoms. The molecular weight excluding hydrogens is 308 g/mol. The molecule has 0 atom stereocenters. The van der Waals surface area contributed by atoms with Crippen molar-refractivity contribution in [2.45, 2.75) is 6.92 Å². The summed E-state index contributed by atoms with van der Waals surface area (Å²) in [6.45, 7) is 4.93. The zero-order chi connectivity index (χ0) is 17.1. The number of nitrogens with zero attached hydrogens (tertiary/aromatic N) is 3. The summed E-state index contributed by atoms with van der Waals surface area (Å²) in [5, 5.41) is 0. The number of hydrogen-bond donors (Lipinski definition) is 1. The lowest BCUT2D eigenvalue weighted by molar-refractivity contribution is 0.122. The van der Waals surface area contributed by atoms with Gasteiger partial charge < -0.3 is 24.8 Å². The predicted molar refractivity (Wildman–Crippen MR) is 92.8 cm³/mol. The van der Waals surface area contributed by atoms with Gasteiger partial charge in [-0.15, -0.1) is 0 Å². The van der Waals surface area contributed by atoms with Crippen molar-refractivity contribution in [3.63, 3.8) is 0 Å². The summed E-state index contributed by atoms with van der Waals surface area (Å²) in [5.74, 6) is 2.33. The molecule has 1 aromatic carbocycles. The maximum absolute atomic E-state index is 5.95. The summed E-state index contributed by atoms with van der Waals surface area (Å²) in [6.07, 6.45) is 0. The standard InChI is InChI=1S/C17H22N4O3/c1-11-8-12(16(23-3)14(9-11)22-2)13-10-15(20-17(18)19-13)21-4-6-24-7-5-21/h8-10H,4-7H2,1-3H3,(H2,18,19,20). The summed E-state index contributed by atoms with van der Waals surface area (Å²) in [5.41, 5.74) is 8.54. The quantitative estimate of drug-likeness (QED) is 0.916. The third kappa shape index (κ3) is 3.21. The first kappa shape index (κ1) is 16.3. The molecule has 0 bridgehead atoms. The fourth-order valence-electron chi connectivity index (χ4n) is 2.84. The van der Waals surface area contributed by atoms with Crippen LogP contribution in [-0.2, 0) is 4.74 Å². The Balaban J connectivity index is 2.09. The van der Waals surface area contributed by atoms with Crippen molar-refractivity contribution in [1.82, 2.24) is 9.97 Å². The SMILES string of the molecule is COc1cc(C)cc(-c2cc(N3CCOCC3)nc(N)n2)c1OC. The minimum Gasteiger partial charge on any atom is -0.493 e. The lowest BCUT2D eigenvalue weighted by Gasteiger charge is -2.28. The van der Waals surface area contributed by atoms with E-state index in [2.05, 4.69) is 14.9 Å². The molecule has 128 valence electrons.